The Kier molecular flexibility index (Phi) is 7.02. The molecule has 0 radical (unpaired) electrons. The molecule has 4 rings (SSSR count). The van der Waals surface area contributed by atoms with Crippen LogP contribution in [0.2, 0.25) is 5.02 Å². The van der Waals surface area contributed by atoms with E-state index in [4.69, 9.17) is 11.6 Å². The molecule has 2 aromatic carbocycles. The van der Waals surface area contributed by atoms with Gasteiger partial charge in [0, 0.05) is 23.0 Å². The van der Waals surface area contributed by atoms with Gasteiger partial charge in [0.2, 0.25) is 0 Å². The van der Waals surface area contributed by atoms with Gasteiger partial charge >= 0.3 is 6.18 Å². The number of anilines is 1. The third kappa shape index (κ3) is 4.90. The SMILES string of the molecule is CCCCN1C(=O)/C(=C2/Sc3ccc(Cl)cc3N2CC)SC1=Nc1cccc(C(F)(F)F)c1. The van der Waals surface area contributed by atoms with Gasteiger partial charge in [0.1, 0.15) is 9.93 Å². The van der Waals surface area contributed by atoms with E-state index in [0.29, 0.717) is 28.2 Å². The molecule has 1 saturated heterocycles. The van der Waals surface area contributed by atoms with Crippen LogP contribution >= 0.6 is 35.1 Å². The number of unbranched alkanes of at least 4 members (excludes halogenated alkanes) is 1. The third-order valence-corrected chi connectivity index (χ3v) is 7.78. The zero-order valence-corrected chi connectivity index (χ0v) is 20.3. The van der Waals surface area contributed by atoms with Gasteiger partial charge in [-0.25, -0.2) is 4.99 Å². The number of alkyl halides is 3. The highest BCUT2D eigenvalue weighted by atomic mass is 35.5. The first kappa shape index (κ1) is 24.0. The molecular weight excluding hydrogens is 491 g/mol. The highest BCUT2D eigenvalue weighted by Crippen LogP contribution is 2.51. The molecule has 0 atom stereocenters. The van der Waals surface area contributed by atoms with Gasteiger partial charge in [-0.3, -0.25) is 9.69 Å². The average Bonchev–Trinajstić information content (AvgIpc) is 3.28. The van der Waals surface area contributed by atoms with Gasteiger partial charge in [-0.15, -0.1) is 0 Å². The smallest absolute Gasteiger partial charge is 0.334 e. The molecule has 0 aliphatic carbocycles. The van der Waals surface area contributed by atoms with Crippen molar-refractivity contribution in [3.63, 3.8) is 0 Å². The summed E-state index contributed by atoms with van der Waals surface area (Å²) in [5.41, 5.74) is 0.330. The number of halogens is 4. The van der Waals surface area contributed by atoms with E-state index in [-0.39, 0.29) is 11.6 Å². The molecule has 0 aromatic heterocycles. The average molecular weight is 512 g/mol. The number of carbonyl (C=O) groups is 1. The lowest BCUT2D eigenvalue weighted by molar-refractivity contribution is -0.137. The Morgan fingerprint density at radius 2 is 1.85 bits per heavy atom. The number of fused-ring (bicyclic) bond motifs is 1. The molecule has 2 heterocycles. The molecule has 0 saturated carbocycles. The number of amidine groups is 1. The fourth-order valence-corrected chi connectivity index (χ4v) is 6.10. The van der Waals surface area contributed by atoms with Crippen molar-refractivity contribution in [1.29, 1.82) is 0 Å². The summed E-state index contributed by atoms with van der Waals surface area (Å²) in [4.78, 5) is 23.0. The van der Waals surface area contributed by atoms with Crippen molar-refractivity contribution < 1.29 is 18.0 Å². The van der Waals surface area contributed by atoms with Crippen LogP contribution in [0.5, 0.6) is 0 Å². The fraction of sp³-hybridized carbons (Fsp3) is 0.304. The van der Waals surface area contributed by atoms with Crippen LogP contribution in [0.4, 0.5) is 24.5 Å². The minimum atomic E-state index is -4.46. The van der Waals surface area contributed by atoms with E-state index in [0.717, 1.165) is 40.6 Å². The van der Waals surface area contributed by atoms with E-state index in [2.05, 4.69) is 4.99 Å². The Balaban J connectivity index is 1.75. The summed E-state index contributed by atoms with van der Waals surface area (Å²) >= 11 is 8.89. The number of nitrogens with zero attached hydrogens (tertiary/aromatic N) is 3. The minimum absolute atomic E-state index is 0.161. The number of rotatable bonds is 5. The Morgan fingerprint density at radius 1 is 1.06 bits per heavy atom. The van der Waals surface area contributed by atoms with Gasteiger partial charge < -0.3 is 4.90 Å². The van der Waals surface area contributed by atoms with Crippen LogP contribution in [0.1, 0.15) is 32.3 Å². The Hall–Kier alpha value is -2.10. The highest BCUT2D eigenvalue weighted by molar-refractivity contribution is 8.19. The van der Waals surface area contributed by atoms with Crippen molar-refractivity contribution in [3.05, 3.63) is 63.0 Å². The quantitative estimate of drug-likeness (QED) is 0.389. The standard InChI is InChI=1S/C23H21ClF3N3OS2/c1-3-5-11-30-20(31)19(21-29(4-2)17-13-15(24)9-10-18(17)32-21)33-22(30)28-16-8-6-7-14(12-16)23(25,26)27/h6-10,12-13H,3-5,11H2,1-2H3/b21-19-,28-22?. The fourth-order valence-electron chi connectivity index (χ4n) is 3.53. The molecule has 0 spiro atoms. The number of carbonyl (C=O) groups excluding carboxylic acids is 1. The molecule has 174 valence electrons. The van der Waals surface area contributed by atoms with Crippen LogP contribution in [0.15, 0.2) is 62.3 Å². The monoisotopic (exact) mass is 511 g/mol. The highest BCUT2D eigenvalue weighted by Gasteiger charge is 2.39. The van der Waals surface area contributed by atoms with Gasteiger partial charge in [-0.05, 0) is 61.5 Å². The van der Waals surface area contributed by atoms with E-state index in [1.807, 2.05) is 36.9 Å². The molecule has 4 nitrogen and oxygen atoms in total. The maximum atomic E-state index is 13.4. The Morgan fingerprint density at radius 3 is 2.55 bits per heavy atom. The molecule has 0 bridgehead atoms. The molecular formula is C23H21ClF3N3OS2. The number of thioether (sulfide) groups is 2. The number of amides is 1. The Bertz CT molecular complexity index is 1150. The lowest BCUT2D eigenvalue weighted by Crippen LogP contribution is -2.30. The van der Waals surface area contributed by atoms with Gasteiger partial charge in [-0.1, -0.05) is 42.8 Å². The molecule has 2 aromatic rings. The summed E-state index contributed by atoms with van der Waals surface area (Å²) in [6, 6.07) is 10.5. The van der Waals surface area contributed by atoms with Crippen molar-refractivity contribution in [3.8, 4) is 0 Å². The number of benzene rings is 2. The number of aliphatic imine (C=N–C) groups is 1. The molecule has 0 N–H and O–H groups in total. The summed E-state index contributed by atoms with van der Waals surface area (Å²) in [5, 5.41) is 1.79. The van der Waals surface area contributed by atoms with Crippen molar-refractivity contribution in [2.75, 3.05) is 18.0 Å². The zero-order chi connectivity index (χ0) is 23.8. The molecule has 2 aliphatic heterocycles. The lowest BCUT2D eigenvalue weighted by Gasteiger charge is -2.19. The molecule has 1 fully saturated rings. The van der Waals surface area contributed by atoms with Crippen molar-refractivity contribution in [1.82, 2.24) is 4.90 Å². The van der Waals surface area contributed by atoms with Crippen LogP contribution in [-0.2, 0) is 11.0 Å². The second kappa shape index (κ2) is 9.64. The molecule has 10 heteroatoms. The first-order valence-electron chi connectivity index (χ1n) is 10.5. The predicted octanol–water partition coefficient (Wildman–Crippen LogP) is 7.52. The number of hydrogen-bond donors (Lipinski definition) is 0. The second-order valence-corrected chi connectivity index (χ2v) is 9.89. The van der Waals surface area contributed by atoms with E-state index < -0.39 is 11.7 Å². The maximum absolute atomic E-state index is 13.4. The van der Waals surface area contributed by atoms with Gasteiger partial charge in [0.25, 0.3) is 5.91 Å². The topological polar surface area (TPSA) is 35.9 Å². The van der Waals surface area contributed by atoms with Crippen molar-refractivity contribution in [2.24, 2.45) is 4.99 Å². The third-order valence-electron chi connectivity index (χ3n) is 5.17. The first-order chi connectivity index (χ1) is 15.7. The largest absolute Gasteiger partial charge is 0.416 e. The van der Waals surface area contributed by atoms with Crippen molar-refractivity contribution >= 4 is 57.6 Å². The van der Waals surface area contributed by atoms with Gasteiger partial charge in [-0.2, -0.15) is 13.2 Å². The molecule has 2 aliphatic rings. The molecule has 33 heavy (non-hydrogen) atoms. The second-order valence-electron chi connectivity index (χ2n) is 7.45. The summed E-state index contributed by atoms with van der Waals surface area (Å²) in [5.74, 6) is -0.181. The van der Waals surface area contributed by atoms with Gasteiger partial charge in [0.15, 0.2) is 5.17 Å². The van der Waals surface area contributed by atoms with Crippen LogP contribution in [0.3, 0.4) is 0 Å². The van der Waals surface area contributed by atoms with Crippen LogP contribution in [-0.4, -0.2) is 29.1 Å². The summed E-state index contributed by atoms with van der Waals surface area (Å²) in [7, 11) is 0. The normalized spacial score (nSPS) is 19.7. The summed E-state index contributed by atoms with van der Waals surface area (Å²) in [6.07, 6.45) is -2.83. The van der Waals surface area contributed by atoms with Crippen molar-refractivity contribution in [2.45, 2.75) is 37.8 Å². The van der Waals surface area contributed by atoms with Crippen LogP contribution < -0.4 is 4.90 Å². The molecule has 0 unspecified atom stereocenters. The van der Waals surface area contributed by atoms with E-state index in [9.17, 15) is 18.0 Å². The van der Waals surface area contributed by atoms with Crippen LogP contribution in [0, 0.1) is 0 Å². The molecule has 1 amide bonds. The minimum Gasteiger partial charge on any atom is -0.334 e. The van der Waals surface area contributed by atoms with Crippen LogP contribution in [0.25, 0.3) is 0 Å². The number of hydrogen-bond acceptors (Lipinski definition) is 5. The van der Waals surface area contributed by atoms with E-state index >= 15 is 0 Å². The summed E-state index contributed by atoms with van der Waals surface area (Å²) < 4.78 is 39.5. The Labute approximate surface area is 203 Å². The predicted molar refractivity (Wildman–Crippen MR) is 130 cm³/mol. The zero-order valence-electron chi connectivity index (χ0n) is 17.9. The first-order valence-corrected chi connectivity index (χ1v) is 12.5. The van der Waals surface area contributed by atoms with E-state index in [1.54, 1.807) is 4.90 Å². The van der Waals surface area contributed by atoms with E-state index in [1.165, 1.54) is 35.7 Å². The van der Waals surface area contributed by atoms with Gasteiger partial charge in [0.05, 0.1) is 16.9 Å². The lowest BCUT2D eigenvalue weighted by atomic mass is 10.2. The summed E-state index contributed by atoms with van der Waals surface area (Å²) in [6.45, 7) is 5.10. The maximum Gasteiger partial charge on any atom is 0.416 e.